The zero-order chi connectivity index (χ0) is 8.97. The second-order valence-corrected chi connectivity index (χ2v) is 3.65. The van der Waals surface area contributed by atoms with E-state index in [9.17, 15) is 0 Å². The van der Waals surface area contributed by atoms with Crippen molar-refractivity contribution in [3.63, 3.8) is 0 Å². The predicted molar refractivity (Wildman–Crippen MR) is 54.7 cm³/mol. The van der Waals surface area contributed by atoms with Crippen LogP contribution in [0.2, 0.25) is 0 Å². The third-order valence-electron chi connectivity index (χ3n) is 1.74. The number of anilines is 2. The van der Waals surface area contributed by atoms with Crippen LogP contribution >= 0.6 is 11.5 Å². The van der Waals surface area contributed by atoms with Gasteiger partial charge in [0.05, 0.1) is 0 Å². The fourth-order valence-corrected chi connectivity index (χ4v) is 1.62. The summed E-state index contributed by atoms with van der Waals surface area (Å²) in [7, 11) is 2.07. The van der Waals surface area contributed by atoms with Crippen LogP contribution in [0.25, 0.3) is 0 Å². The van der Waals surface area contributed by atoms with Crippen molar-refractivity contribution in [1.29, 1.82) is 0 Å². The van der Waals surface area contributed by atoms with Crippen molar-refractivity contribution >= 4 is 22.4 Å². The van der Waals surface area contributed by atoms with Gasteiger partial charge in [0.2, 0.25) is 0 Å². The number of unbranched alkanes of at least 4 members (excludes halogenated alkanes) is 1. The predicted octanol–water partition coefficient (Wildman–Crippen LogP) is 1.96. The molecule has 1 heterocycles. The minimum absolute atomic E-state index is 0.623. The van der Waals surface area contributed by atoms with E-state index in [2.05, 4.69) is 23.2 Å². The molecule has 1 rings (SSSR count). The fraction of sp³-hybridized carbons (Fsp3) is 0.625. The molecule has 0 atom stereocenters. The van der Waals surface area contributed by atoms with Gasteiger partial charge in [-0.05, 0) is 18.0 Å². The molecule has 0 bridgehead atoms. The van der Waals surface area contributed by atoms with E-state index >= 15 is 0 Å². The first kappa shape index (κ1) is 9.32. The first-order valence-electron chi connectivity index (χ1n) is 4.17. The lowest BCUT2D eigenvalue weighted by molar-refractivity contribution is 0.770. The molecule has 0 aliphatic rings. The van der Waals surface area contributed by atoms with E-state index in [1.54, 1.807) is 0 Å². The Bertz CT molecular complexity index is 234. The summed E-state index contributed by atoms with van der Waals surface area (Å²) in [5.74, 6) is 0.623. The van der Waals surface area contributed by atoms with E-state index < -0.39 is 0 Å². The molecule has 0 aromatic carbocycles. The molecule has 68 valence electrons. The topological polar surface area (TPSA) is 42.1 Å². The smallest absolute Gasteiger partial charge is 0.139 e. The van der Waals surface area contributed by atoms with Crippen molar-refractivity contribution in [3.8, 4) is 0 Å². The van der Waals surface area contributed by atoms with E-state index in [1.165, 1.54) is 24.4 Å². The largest absolute Gasteiger partial charge is 0.383 e. The van der Waals surface area contributed by atoms with Crippen LogP contribution in [0.15, 0.2) is 6.07 Å². The maximum absolute atomic E-state index is 5.52. The molecule has 4 heteroatoms. The maximum atomic E-state index is 5.52. The van der Waals surface area contributed by atoms with Gasteiger partial charge in [0.15, 0.2) is 0 Å². The monoisotopic (exact) mass is 185 g/mol. The van der Waals surface area contributed by atoms with Gasteiger partial charge >= 0.3 is 0 Å². The average Bonchev–Trinajstić information content (AvgIpc) is 2.47. The lowest BCUT2D eigenvalue weighted by Gasteiger charge is -2.14. The van der Waals surface area contributed by atoms with Crippen molar-refractivity contribution < 1.29 is 0 Å². The van der Waals surface area contributed by atoms with Crippen LogP contribution < -0.4 is 10.6 Å². The van der Waals surface area contributed by atoms with Crippen molar-refractivity contribution in [3.05, 3.63) is 6.07 Å². The molecular formula is C8H15N3S. The van der Waals surface area contributed by atoms with Gasteiger partial charge in [-0.25, -0.2) is 0 Å². The Kier molecular flexibility index (Phi) is 3.34. The van der Waals surface area contributed by atoms with Gasteiger partial charge in [0, 0.05) is 19.7 Å². The number of hydrogen-bond donors (Lipinski definition) is 1. The second-order valence-electron chi connectivity index (χ2n) is 2.87. The average molecular weight is 185 g/mol. The molecule has 0 spiro atoms. The number of rotatable bonds is 4. The van der Waals surface area contributed by atoms with Gasteiger partial charge in [-0.1, -0.05) is 13.3 Å². The lowest BCUT2D eigenvalue weighted by atomic mass is 10.3. The van der Waals surface area contributed by atoms with Crippen LogP contribution in [0, 0.1) is 0 Å². The van der Waals surface area contributed by atoms with Crippen LogP contribution in [0.5, 0.6) is 0 Å². The molecule has 0 fully saturated rings. The molecule has 0 saturated carbocycles. The van der Waals surface area contributed by atoms with Crippen molar-refractivity contribution in [2.45, 2.75) is 19.8 Å². The maximum Gasteiger partial charge on any atom is 0.139 e. The van der Waals surface area contributed by atoms with E-state index in [-0.39, 0.29) is 0 Å². The van der Waals surface area contributed by atoms with Gasteiger partial charge in [0.25, 0.3) is 0 Å². The molecule has 0 amide bonds. The fourth-order valence-electron chi connectivity index (χ4n) is 0.964. The van der Waals surface area contributed by atoms with Crippen molar-refractivity contribution in [1.82, 2.24) is 4.37 Å². The molecule has 3 nitrogen and oxygen atoms in total. The van der Waals surface area contributed by atoms with Gasteiger partial charge in [-0.15, -0.1) is 0 Å². The minimum Gasteiger partial charge on any atom is -0.383 e. The van der Waals surface area contributed by atoms with E-state index in [0.29, 0.717) is 5.82 Å². The van der Waals surface area contributed by atoms with Crippen molar-refractivity contribution in [2.75, 3.05) is 24.2 Å². The van der Waals surface area contributed by atoms with Crippen LogP contribution in [0.1, 0.15) is 19.8 Å². The van der Waals surface area contributed by atoms with Crippen LogP contribution in [0.4, 0.5) is 10.8 Å². The van der Waals surface area contributed by atoms with E-state index in [1.807, 2.05) is 6.07 Å². The third-order valence-corrected chi connectivity index (χ3v) is 2.66. The Morgan fingerprint density at radius 1 is 1.67 bits per heavy atom. The highest BCUT2D eigenvalue weighted by molar-refractivity contribution is 7.10. The minimum atomic E-state index is 0.623. The summed E-state index contributed by atoms with van der Waals surface area (Å²) in [5.41, 5.74) is 5.52. The molecule has 0 saturated heterocycles. The number of hydrogen-bond acceptors (Lipinski definition) is 4. The molecule has 2 N–H and O–H groups in total. The molecule has 12 heavy (non-hydrogen) atoms. The number of nitrogens with two attached hydrogens (primary N) is 1. The van der Waals surface area contributed by atoms with Crippen molar-refractivity contribution in [2.24, 2.45) is 0 Å². The lowest BCUT2D eigenvalue weighted by Crippen LogP contribution is -2.16. The number of aromatic nitrogens is 1. The SMILES string of the molecule is CCCCN(C)c1cc(N)ns1. The quantitative estimate of drug-likeness (QED) is 0.779. The van der Waals surface area contributed by atoms with Gasteiger partial charge in [-0.2, -0.15) is 4.37 Å². The first-order valence-corrected chi connectivity index (χ1v) is 4.94. The number of nitrogen functional groups attached to an aromatic ring is 1. The van der Waals surface area contributed by atoms with Crippen LogP contribution in [-0.4, -0.2) is 18.0 Å². The highest BCUT2D eigenvalue weighted by Crippen LogP contribution is 2.21. The van der Waals surface area contributed by atoms with E-state index in [4.69, 9.17) is 5.73 Å². The molecule has 0 aliphatic heterocycles. The molecule has 0 radical (unpaired) electrons. The summed E-state index contributed by atoms with van der Waals surface area (Å²) in [4.78, 5) is 2.19. The normalized spacial score (nSPS) is 10.2. The zero-order valence-electron chi connectivity index (χ0n) is 7.58. The Labute approximate surface area is 77.4 Å². The highest BCUT2D eigenvalue weighted by atomic mass is 32.1. The van der Waals surface area contributed by atoms with Crippen LogP contribution in [0.3, 0.4) is 0 Å². The Morgan fingerprint density at radius 3 is 2.92 bits per heavy atom. The highest BCUT2D eigenvalue weighted by Gasteiger charge is 2.03. The molecule has 1 aromatic heterocycles. The molecule has 1 aromatic rings. The Morgan fingerprint density at radius 2 is 2.42 bits per heavy atom. The van der Waals surface area contributed by atoms with Gasteiger partial charge in [-0.3, -0.25) is 0 Å². The van der Waals surface area contributed by atoms with E-state index in [0.717, 1.165) is 11.5 Å². The summed E-state index contributed by atoms with van der Waals surface area (Å²) < 4.78 is 4.02. The summed E-state index contributed by atoms with van der Waals surface area (Å²) in [5, 5.41) is 1.15. The number of nitrogens with zero attached hydrogens (tertiary/aromatic N) is 2. The molecule has 0 unspecified atom stereocenters. The summed E-state index contributed by atoms with van der Waals surface area (Å²) in [6.07, 6.45) is 2.44. The molecule has 0 aliphatic carbocycles. The Hall–Kier alpha value is -0.770. The van der Waals surface area contributed by atoms with Gasteiger partial charge < -0.3 is 10.6 Å². The third kappa shape index (κ3) is 2.37. The summed E-state index contributed by atoms with van der Waals surface area (Å²) in [6, 6.07) is 1.92. The summed E-state index contributed by atoms with van der Waals surface area (Å²) in [6.45, 7) is 3.27. The Balaban J connectivity index is 2.47. The van der Waals surface area contributed by atoms with Gasteiger partial charge in [0.1, 0.15) is 10.8 Å². The standard InChI is InChI=1S/C8H15N3S/c1-3-4-5-11(2)8-6-7(9)10-12-8/h6H,3-5H2,1-2H3,(H2,9,10). The second kappa shape index (κ2) is 4.30. The zero-order valence-corrected chi connectivity index (χ0v) is 8.40. The first-order chi connectivity index (χ1) is 5.74. The summed E-state index contributed by atoms with van der Waals surface area (Å²) >= 11 is 1.46. The van der Waals surface area contributed by atoms with Crippen LogP contribution in [-0.2, 0) is 0 Å². The molecular weight excluding hydrogens is 170 g/mol.